The van der Waals surface area contributed by atoms with Gasteiger partial charge in [0.25, 0.3) is 0 Å². The molecule has 0 unspecified atom stereocenters. The van der Waals surface area contributed by atoms with E-state index in [0.29, 0.717) is 11.0 Å². The van der Waals surface area contributed by atoms with Gasteiger partial charge in [0.05, 0.1) is 17.0 Å². The molecule has 17 heavy (non-hydrogen) atoms. The minimum absolute atomic E-state index is 0.0379. The van der Waals surface area contributed by atoms with Gasteiger partial charge in [0, 0.05) is 13.7 Å². The fourth-order valence-electron chi connectivity index (χ4n) is 1.96. The standard InChI is InChI=1S/C12H18ClN3O/c1-8-9(2)16-11(10(13)15-8)14-7-12(17-3)5-4-6-12/h4-7H2,1-3H3,(H,14,16). The van der Waals surface area contributed by atoms with Crippen LogP contribution in [-0.4, -0.2) is 29.2 Å². The fourth-order valence-corrected chi connectivity index (χ4v) is 2.19. The van der Waals surface area contributed by atoms with E-state index < -0.39 is 0 Å². The van der Waals surface area contributed by atoms with Crippen LogP contribution in [0.1, 0.15) is 30.7 Å². The molecular weight excluding hydrogens is 238 g/mol. The first-order chi connectivity index (χ1) is 8.06. The van der Waals surface area contributed by atoms with Gasteiger partial charge < -0.3 is 10.1 Å². The lowest BCUT2D eigenvalue weighted by Gasteiger charge is -2.40. The highest BCUT2D eigenvalue weighted by atomic mass is 35.5. The Morgan fingerprint density at radius 2 is 1.94 bits per heavy atom. The lowest BCUT2D eigenvalue weighted by atomic mass is 9.80. The monoisotopic (exact) mass is 255 g/mol. The summed E-state index contributed by atoms with van der Waals surface area (Å²) >= 11 is 6.06. The van der Waals surface area contributed by atoms with Crippen LogP contribution in [0.15, 0.2) is 0 Å². The highest BCUT2D eigenvalue weighted by Gasteiger charge is 2.36. The van der Waals surface area contributed by atoms with Crippen molar-refractivity contribution in [2.45, 2.75) is 38.7 Å². The summed E-state index contributed by atoms with van der Waals surface area (Å²) in [6, 6.07) is 0. The van der Waals surface area contributed by atoms with Crippen molar-refractivity contribution in [3.05, 3.63) is 16.5 Å². The van der Waals surface area contributed by atoms with Gasteiger partial charge in [-0.05, 0) is 33.1 Å². The third-order valence-corrected chi connectivity index (χ3v) is 3.80. The second-order valence-electron chi connectivity index (χ2n) is 4.63. The summed E-state index contributed by atoms with van der Waals surface area (Å²) < 4.78 is 5.54. The maximum Gasteiger partial charge on any atom is 0.171 e. The first-order valence-electron chi connectivity index (χ1n) is 5.86. The molecule has 0 radical (unpaired) electrons. The third kappa shape index (κ3) is 2.53. The van der Waals surface area contributed by atoms with Gasteiger partial charge in [-0.2, -0.15) is 0 Å². The van der Waals surface area contributed by atoms with Crippen molar-refractivity contribution in [1.29, 1.82) is 0 Å². The Labute approximate surface area is 107 Å². The van der Waals surface area contributed by atoms with E-state index in [4.69, 9.17) is 16.3 Å². The number of hydrogen-bond acceptors (Lipinski definition) is 4. The maximum atomic E-state index is 6.06. The summed E-state index contributed by atoms with van der Waals surface area (Å²) in [5.74, 6) is 0.651. The van der Waals surface area contributed by atoms with Gasteiger partial charge in [0.1, 0.15) is 0 Å². The highest BCUT2D eigenvalue weighted by Crippen LogP contribution is 2.35. The molecule has 5 heteroatoms. The average molecular weight is 256 g/mol. The first kappa shape index (κ1) is 12.6. The fraction of sp³-hybridized carbons (Fsp3) is 0.667. The van der Waals surface area contributed by atoms with E-state index in [-0.39, 0.29) is 5.60 Å². The van der Waals surface area contributed by atoms with Crippen LogP contribution in [0.5, 0.6) is 0 Å². The van der Waals surface area contributed by atoms with Crippen LogP contribution in [0.3, 0.4) is 0 Å². The zero-order valence-corrected chi connectivity index (χ0v) is 11.3. The topological polar surface area (TPSA) is 47.0 Å². The first-order valence-corrected chi connectivity index (χ1v) is 6.24. The summed E-state index contributed by atoms with van der Waals surface area (Å²) in [4.78, 5) is 8.65. The molecule has 1 aliphatic carbocycles. The third-order valence-electron chi connectivity index (χ3n) is 3.54. The molecule has 2 rings (SSSR count). The number of anilines is 1. The normalized spacial score (nSPS) is 17.6. The molecule has 1 fully saturated rings. The number of nitrogens with zero attached hydrogens (tertiary/aromatic N) is 2. The van der Waals surface area contributed by atoms with Crippen molar-refractivity contribution in [3.8, 4) is 0 Å². The van der Waals surface area contributed by atoms with Gasteiger partial charge >= 0.3 is 0 Å². The number of nitrogens with one attached hydrogen (secondary N) is 1. The number of ether oxygens (including phenoxy) is 1. The second-order valence-corrected chi connectivity index (χ2v) is 4.99. The van der Waals surface area contributed by atoms with Crippen LogP contribution in [0, 0.1) is 13.8 Å². The summed E-state index contributed by atoms with van der Waals surface area (Å²) in [7, 11) is 1.76. The largest absolute Gasteiger partial charge is 0.376 e. The number of aryl methyl sites for hydroxylation is 2. The number of halogens is 1. The predicted octanol–water partition coefficient (Wildman–Crippen LogP) is 2.73. The Morgan fingerprint density at radius 1 is 1.29 bits per heavy atom. The van der Waals surface area contributed by atoms with E-state index in [1.807, 2.05) is 13.8 Å². The minimum Gasteiger partial charge on any atom is -0.376 e. The van der Waals surface area contributed by atoms with Crippen molar-refractivity contribution in [3.63, 3.8) is 0 Å². The molecule has 0 atom stereocenters. The van der Waals surface area contributed by atoms with Crippen molar-refractivity contribution in [2.75, 3.05) is 19.0 Å². The number of aromatic nitrogens is 2. The zero-order chi connectivity index (χ0) is 12.5. The number of hydrogen-bond donors (Lipinski definition) is 1. The molecule has 0 aromatic carbocycles. The molecule has 1 saturated carbocycles. The molecule has 0 aliphatic heterocycles. The minimum atomic E-state index is -0.0379. The number of rotatable bonds is 4. The molecule has 1 aliphatic rings. The van der Waals surface area contributed by atoms with Crippen LogP contribution in [0.25, 0.3) is 0 Å². The lowest BCUT2D eigenvalue weighted by Crippen LogP contribution is -2.45. The average Bonchev–Trinajstić information content (AvgIpc) is 2.24. The smallest absolute Gasteiger partial charge is 0.171 e. The molecule has 1 aromatic rings. The molecule has 0 saturated heterocycles. The van der Waals surface area contributed by atoms with Crippen molar-refractivity contribution < 1.29 is 4.74 Å². The van der Waals surface area contributed by atoms with E-state index in [1.165, 1.54) is 6.42 Å². The van der Waals surface area contributed by atoms with E-state index in [2.05, 4.69) is 15.3 Å². The Hall–Kier alpha value is -0.870. The summed E-state index contributed by atoms with van der Waals surface area (Å²) in [6.07, 6.45) is 3.40. The van der Waals surface area contributed by atoms with E-state index in [9.17, 15) is 0 Å². The number of methoxy groups -OCH3 is 1. The van der Waals surface area contributed by atoms with Crippen LogP contribution in [0.2, 0.25) is 5.15 Å². The van der Waals surface area contributed by atoms with Gasteiger partial charge in [-0.15, -0.1) is 0 Å². The Morgan fingerprint density at radius 3 is 2.47 bits per heavy atom. The van der Waals surface area contributed by atoms with Crippen molar-refractivity contribution in [1.82, 2.24) is 9.97 Å². The molecular formula is C12H18ClN3O. The van der Waals surface area contributed by atoms with E-state index >= 15 is 0 Å². The van der Waals surface area contributed by atoms with Crippen LogP contribution in [0.4, 0.5) is 5.82 Å². The lowest BCUT2D eigenvalue weighted by molar-refractivity contribution is -0.0601. The molecule has 1 aromatic heterocycles. The van der Waals surface area contributed by atoms with Gasteiger partial charge in [-0.25, -0.2) is 9.97 Å². The highest BCUT2D eigenvalue weighted by molar-refractivity contribution is 6.31. The molecule has 0 spiro atoms. The van der Waals surface area contributed by atoms with Gasteiger partial charge in [-0.3, -0.25) is 0 Å². The summed E-state index contributed by atoms with van der Waals surface area (Å²) in [6.45, 7) is 4.57. The van der Waals surface area contributed by atoms with Crippen LogP contribution in [-0.2, 0) is 4.74 Å². The van der Waals surface area contributed by atoms with E-state index in [1.54, 1.807) is 7.11 Å². The summed E-state index contributed by atoms with van der Waals surface area (Å²) in [5, 5.41) is 3.67. The van der Waals surface area contributed by atoms with E-state index in [0.717, 1.165) is 30.8 Å². The molecule has 1 N–H and O–H groups in total. The van der Waals surface area contributed by atoms with Crippen LogP contribution < -0.4 is 5.32 Å². The Kier molecular flexibility index (Phi) is 3.54. The van der Waals surface area contributed by atoms with Crippen molar-refractivity contribution >= 4 is 17.4 Å². The maximum absolute atomic E-state index is 6.06. The Balaban J connectivity index is 2.06. The quantitative estimate of drug-likeness (QED) is 0.899. The molecule has 0 amide bonds. The molecule has 1 heterocycles. The molecule has 0 bridgehead atoms. The van der Waals surface area contributed by atoms with Crippen LogP contribution >= 0.6 is 11.6 Å². The predicted molar refractivity (Wildman–Crippen MR) is 68.6 cm³/mol. The second kappa shape index (κ2) is 4.78. The van der Waals surface area contributed by atoms with Gasteiger partial charge in [0.15, 0.2) is 11.0 Å². The SMILES string of the molecule is COC1(CNc2nc(C)c(C)nc2Cl)CCC1. The summed E-state index contributed by atoms with van der Waals surface area (Å²) in [5.41, 5.74) is 1.73. The molecule has 94 valence electrons. The molecule has 4 nitrogen and oxygen atoms in total. The van der Waals surface area contributed by atoms with Gasteiger partial charge in [-0.1, -0.05) is 11.6 Å². The van der Waals surface area contributed by atoms with Gasteiger partial charge in [0.2, 0.25) is 0 Å². The zero-order valence-electron chi connectivity index (χ0n) is 10.5. The van der Waals surface area contributed by atoms with Crippen molar-refractivity contribution in [2.24, 2.45) is 0 Å². The Bertz CT molecular complexity index is 413.